The van der Waals surface area contributed by atoms with E-state index in [4.69, 9.17) is 5.11 Å². The van der Waals surface area contributed by atoms with Gasteiger partial charge in [0.1, 0.15) is 5.78 Å². The molecule has 2 saturated carbocycles. The predicted octanol–water partition coefficient (Wildman–Crippen LogP) is 4.31. The smallest absolute Gasteiger partial charge is 0.136 e. The van der Waals surface area contributed by atoms with Crippen LogP contribution in [0.5, 0.6) is 0 Å². The van der Waals surface area contributed by atoms with E-state index in [9.17, 15) is 15.0 Å². The van der Waals surface area contributed by atoms with Crippen LogP contribution < -0.4 is 0 Å². The van der Waals surface area contributed by atoms with Gasteiger partial charge < -0.3 is 15.3 Å². The standard InChI is InChI=1S/C23H40O4/c1-2-3-14-22(26,23(27)16-17-23)15-9-10-19-12-13-21(25)20(19)11-7-5-4-6-8-18-24/h9-10,19-20,24,26-27H,2-8,11-18H2,1H3/t19-,20+,22?/m0/s1. The second kappa shape index (κ2) is 10.7. The van der Waals surface area contributed by atoms with Crippen molar-refractivity contribution in [3.8, 4) is 0 Å². The van der Waals surface area contributed by atoms with E-state index in [-0.39, 0.29) is 12.5 Å². The lowest BCUT2D eigenvalue weighted by Crippen LogP contribution is -2.44. The Morgan fingerprint density at radius 2 is 1.85 bits per heavy atom. The van der Waals surface area contributed by atoms with E-state index in [0.29, 0.717) is 43.8 Å². The largest absolute Gasteiger partial charge is 0.396 e. The zero-order chi connectivity index (χ0) is 19.8. The van der Waals surface area contributed by atoms with Crippen LogP contribution in [0.4, 0.5) is 0 Å². The normalized spacial score (nSPS) is 26.6. The van der Waals surface area contributed by atoms with E-state index < -0.39 is 11.2 Å². The van der Waals surface area contributed by atoms with Crippen molar-refractivity contribution >= 4 is 5.78 Å². The Morgan fingerprint density at radius 3 is 2.52 bits per heavy atom. The second-order valence-electron chi connectivity index (χ2n) is 8.85. The summed E-state index contributed by atoms with van der Waals surface area (Å²) in [5.74, 6) is 0.813. The van der Waals surface area contributed by atoms with Crippen LogP contribution in [0.3, 0.4) is 0 Å². The molecule has 0 amide bonds. The number of aliphatic hydroxyl groups excluding tert-OH is 1. The number of allylic oxidation sites excluding steroid dienone is 1. The molecule has 3 N–H and O–H groups in total. The molecule has 0 aromatic rings. The first-order chi connectivity index (χ1) is 13.0. The topological polar surface area (TPSA) is 77.8 Å². The molecule has 0 aromatic heterocycles. The highest BCUT2D eigenvalue weighted by atomic mass is 16.4. The van der Waals surface area contributed by atoms with Crippen molar-refractivity contribution in [2.75, 3.05) is 6.61 Å². The van der Waals surface area contributed by atoms with E-state index in [2.05, 4.69) is 13.0 Å². The van der Waals surface area contributed by atoms with Gasteiger partial charge in [-0.15, -0.1) is 0 Å². The molecular weight excluding hydrogens is 340 g/mol. The summed E-state index contributed by atoms with van der Waals surface area (Å²) in [5, 5.41) is 30.3. The molecule has 4 heteroatoms. The zero-order valence-electron chi connectivity index (χ0n) is 17.2. The number of rotatable bonds is 14. The van der Waals surface area contributed by atoms with Crippen LogP contribution in [-0.2, 0) is 4.79 Å². The summed E-state index contributed by atoms with van der Waals surface area (Å²) >= 11 is 0. The molecule has 0 bridgehead atoms. The van der Waals surface area contributed by atoms with Crippen LogP contribution in [0.1, 0.15) is 96.8 Å². The van der Waals surface area contributed by atoms with Crippen LogP contribution in [0.2, 0.25) is 0 Å². The number of carbonyl (C=O) groups excluding carboxylic acids is 1. The van der Waals surface area contributed by atoms with E-state index >= 15 is 0 Å². The molecule has 0 spiro atoms. The molecule has 0 aliphatic heterocycles. The van der Waals surface area contributed by atoms with Gasteiger partial charge in [-0.2, -0.15) is 0 Å². The van der Waals surface area contributed by atoms with Crippen molar-refractivity contribution in [1.82, 2.24) is 0 Å². The van der Waals surface area contributed by atoms with Crippen LogP contribution in [0.25, 0.3) is 0 Å². The second-order valence-corrected chi connectivity index (χ2v) is 8.85. The van der Waals surface area contributed by atoms with Gasteiger partial charge in [0, 0.05) is 18.9 Å². The first-order valence-corrected chi connectivity index (χ1v) is 11.2. The summed E-state index contributed by atoms with van der Waals surface area (Å²) in [6, 6.07) is 0. The molecule has 4 nitrogen and oxygen atoms in total. The monoisotopic (exact) mass is 380 g/mol. The van der Waals surface area contributed by atoms with Gasteiger partial charge in [0.25, 0.3) is 0 Å². The quantitative estimate of drug-likeness (QED) is 0.310. The van der Waals surface area contributed by atoms with Crippen molar-refractivity contribution < 1.29 is 20.1 Å². The Labute approximate surface area is 165 Å². The Hall–Kier alpha value is -0.710. The van der Waals surface area contributed by atoms with Crippen molar-refractivity contribution in [2.45, 2.75) is 108 Å². The van der Waals surface area contributed by atoms with E-state index in [0.717, 1.165) is 57.8 Å². The summed E-state index contributed by atoms with van der Waals surface area (Å²) in [6.45, 7) is 2.37. The average molecular weight is 381 g/mol. The fraction of sp³-hybridized carbons (Fsp3) is 0.870. The van der Waals surface area contributed by atoms with Gasteiger partial charge >= 0.3 is 0 Å². The lowest BCUT2D eigenvalue weighted by molar-refractivity contribution is -0.121. The van der Waals surface area contributed by atoms with Gasteiger partial charge in [-0.1, -0.05) is 57.6 Å². The summed E-state index contributed by atoms with van der Waals surface area (Å²) in [7, 11) is 0. The van der Waals surface area contributed by atoms with Gasteiger partial charge in [-0.25, -0.2) is 0 Å². The highest BCUT2D eigenvalue weighted by molar-refractivity contribution is 5.83. The Morgan fingerprint density at radius 1 is 1.15 bits per heavy atom. The maximum atomic E-state index is 12.3. The van der Waals surface area contributed by atoms with Crippen LogP contribution in [-0.4, -0.2) is 38.9 Å². The lowest BCUT2D eigenvalue weighted by atomic mass is 9.84. The minimum atomic E-state index is -1.01. The molecule has 2 fully saturated rings. The highest BCUT2D eigenvalue weighted by Crippen LogP contribution is 2.49. The number of ketones is 1. The third-order valence-corrected chi connectivity index (χ3v) is 6.70. The van der Waals surface area contributed by atoms with Gasteiger partial charge in [0.2, 0.25) is 0 Å². The third kappa shape index (κ3) is 6.40. The minimum Gasteiger partial charge on any atom is -0.396 e. The van der Waals surface area contributed by atoms with E-state index in [1.54, 1.807) is 0 Å². The molecular formula is C23H40O4. The fourth-order valence-electron chi connectivity index (χ4n) is 4.56. The molecule has 156 valence electrons. The van der Waals surface area contributed by atoms with Crippen LogP contribution in [0.15, 0.2) is 12.2 Å². The molecule has 1 unspecified atom stereocenters. The number of hydrogen-bond acceptors (Lipinski definition) is 4. The van der Waals surface area contributed by atoms with Gasteiger partial charge in [-0.05, 0) is 50.9 Å². The first kappa shape index (κ1) is 22.6. The predicted molar refractivity (Wildman–Crippen MR) is 108 cm³/mol. The summed E-state index contributed by atoms with van der Waals surface area (Å²) in [5.41, 5.74) is -1.91. The number of unbranched alkanes of at least 4 members (excludes halogenated alkanes) is 5. The summed E-state index contributed by atoms with van der Waals surface area (Å²) in [4.78, 5) is 12.3. The first-order valence-electron chi connectivity index (χ1n) is 11.2. The zero-order valence-corrected chi connectivity index (χ0v) is 17.2. The number of Topliss-reactive ketones (excluding diaryl/α,β-unsaturated/α-hetero) is 1. The van der Waals surface area contributed by atoms with Crippen LogP contribution >= 0.6 is 0 Å². The summed E-state index contributed by atoms with van der Waals surface area (Å²) in [6.07, 6.45) is 16.5. The van der Waals surface area contributed by atoms with Crippen LogP contribution in [0, 0.1) is 11.8 Å². The molecule has 0 saturated heterocycles. The molecule has 0 heterocycles. The molecule has 2 aliphatic rings. The van der Waals surface area contributed by atoms with Crippen molar-refractivity contribution in [1.29, 1.82) is 0 Å². The fourth-order valence-corrected chi connectivity index (χ4v) is 4.56. The minimum absolute atomic E-state index is 0.131. The van der Waals surface area contributed by atoms with Gasteiger partial charge in [0.15, 0.2) is 0 Å². The number of carbonyl (C=O) groups is 1. The van der Waals surface area contributed by atoms with Crippen molar-refractivity contribution in [3.05, 3.63) is 12.2 Å². The van der Waals surface area contributed by atoms with Crippen molar-refractivity contribution in [3.63, 3.8) is 0 Å². The van der Waals surface area contributed by atoms with Gasteiger partial charge in [-0.3, -0.25) is 4.79 Å². The van der Waals surface area contributed by atoms with Gasteiger partial charge in [0.05, 0.1) is 11.2 Å². The summed E-state index contributed by atoms with van der Waals surface area (Å²) < 4.78 is 0. The molecule has 3 atom stereocenters. The van der Waals surface area contributed by atoms with E-state index in [1.165, 1.54) is 0 Å². The van der Waals surface area contributed by atoms with Crippen molar-refractivity contribution in [2.24, 2.45) is 11.8 Å². The Balaban J connectivity index is 1.81. The molecule has 2 aliphatic carbocycles. The highest BCUT2D eigenvalue weighted by Gasteiger charge is 2.56. The Bertz CT molecular complexity index is 483. The average Bonchev–Trinajstić information content (AvgIpc) is 3.33. The molecule has 0 radical (unpaired) electrons. The molecule has 0 aromatic carbocycles. The molecule has 2 rings (SSSR count). The van der Waals surface area contributed by atoms with E-state index in [1.807, 2.05) is 6.08 Å². The maximum Gasteiger partial charge on any atom is 0.136 e. The Kier molecular flexibility index (Phi) is 8.97. The lowest BCUT2D eigenvalue weighted by Gasteiger charge is -2.33. The number of hydrogen-bond donors (Lipinski definition) is 3. The molecule has 27 heavy (non-hydrogen) atoms. The number of aliphatic hydroxyl groups is 3. The third-order valence-electron chi connectivity index (χ3n) is 6.70. The maximum absolute atomic E-state index is 12.3. The SMILES string of the molecule is CCCCC(O)(CC=C[C@H]1CCC(=O)[C@@H]1CCCCCCCO)C1(O)CC1.